The number of rotatable bonds is 2. The van der Waals surface area contributed by atoms with Gasteiger partial charge in [0.1, 0.15) is 6.10 Å². The number of aromatic nitrogens is 2. The number of hydrogen-bond acceptors (Lipinski definition) is 5. The van der Waals surface area contributed by atoms with Crippen LogP contribution in [0.25, 0.3) is 11.5 Å². The summed E-state index contributed by atoms with van der Waals surface area (Å²) in [5, 5.41) is 3.97. The van der Waals surface area contributed by atoms with Crippen LogP contribution in [0.3, 0.4) is 0 Å². The lowest BCUT2D eigenvalue weighted by atomic mass is 10.2. The summed E-state index contributed by atoms with van der Waals surface area (Å²) in [4.78, 5) is 4.37. The summed E-state index contributed by atoms with van der Waals surface area (Å²) in [5.41, 5.74) is 7.26. The molecule has 0 spiro atoms. The van der Waals surface area contributed by atoms with Gasteiger partial charge in [0.05, 0.1) is 0 Å². The highest BCUT2D eigenvalue weighted by Crippen LogP contribution is 2.30. The van der Waals surface area contributed by atoms with Gasteiger partial charge in [-0.05, 0) is 47.0 Å². The third-order valence-corrected chi connectivity index (χ3v) is 3.59. The predicted octanol–water partition coefficient (Wildman–Crippen LogP) is 2.93. The van der Waals surface area contributed by atoms with Gasteiger partial charge in [0, 0.05) is 22.3 Å². The van der Waals surface area contributed by atoms with Gasteiger partial charge in [-0.25, -0.2) is 0 Å². The van der Waals surface area contributed by atoms with Crippen molar-refractivity contribution in [2.75, 3.05) is 12.3 Å². The molecule has 18 heavy (non-hydrogen) atoms. The zero-order chi connectivity index (χ0) is 12.5. The summed E-state index contributed by atoms with van der Waals surface area (Å²) in [6, 6.07) is 5.52. The van der Waals surface area contributed by atoms with Gasteiger partial charge >= 0.3 is 0 Å². The Balaban J connectivity index is 1.89. The van der Waals surface area contributed by atoms with Crippen LogP contribution in [0, 0.1) is 0 Å². The Morgan fingerprint density at radius 3 is 3.00 bits per heavy atom. The van der Waals surface area contributed by atoms with Crippen LogP contribution < -0.4 is 5.73 Å². The molecular formula is C12H12BrN3O2. The number of nitrogens with zero attached hydrogens (tertiary/aromatic N) is 2. The van der Waals surface area contributed by atoms with E-state index < -0.39 is 0 Å². The fourth-order valence-corrected chi connectivity index (χ4v) is 2.30. The second-order valence-corrected chi connectivity index (χ2v) is 5.05. The highest BCUT2D eigenvalue weighted by atomic mass is 79.9. The minimum Gasteiger partial charge on any atom is -0.398 e. The molecule has 0 radical (unpaired) electrons. The Labute approximate surface area is 112 Å². The van der Waals surface area contributed by atoms with E-state index >= 15 is 0 Å². The van der Waals surface area contributed by atoms with Crippen LogP contribution in [0.15, 0.2) is 27.2 Å². The molecule has 1 saturated heterocycles. The minimum absolute atomic E-state index is 0.0280. The van der Waals surface area contributed by atoms with E-state index in [-0.39, 0.29) is 6.10 Å². The SMILES string of the molecule is Nc1ccc(-c2nc(C3CCCO3)no2)cc1Br. The first-order chi connectivity index (χ1) is 8.74. The first kappa shape index (κ1) is 11.7. The van der Waals surface area contributed by atoms with Crippen LogP contribution in [-0.4, -0.2) is 16.7 Å². The van der Waals surface area contributed by atoms with E-state index in [1.54, 1.807) is 6.07 Å². The van der Waals surface area contributed by atoms with E-state index in [9.17, 15) is 0 Å². The van der Waals surface area contributed by atoms with Crippen LogP contribution >= 0.6 is 15.9 Å². The van der Waals surface area contributed by atoms with Crippen molar-refractivity contribution in [1.29, 1.82) is 0 Å². The molecule has 1 aromatic carbocycles. The molecule has 1 aliphatic heterocycles. The lowest BCUT2D eigenvalue weighted by Crippen LogP contribution is -1.97. The molecule has 1 unspecified atom stereocenters. The summed E-state index contributed by atoms with van der Waals surface area (Å²) in [6.45, 7) is 0.766. The summed E-state index contributed by atoms with van der Waals surface area (Å²) in [5.74, 6) is 1.11. The highest BCUT2D eigenvalue weighted by Gasteiger charge is 2.23. The summed E-state index contributed by atoms with van der Waals surface area (Å²) in [7, 11) is 0. The number of benzene rings is 1. The summed E-state index contributed by atoms with van der Waals surface area (Å²) < 4.78 is 11.6. The fourth-order valence-electron chi connectivity index (χ4n) is 1.92. The first-order valence-electron chi connectivity index (χ1n) is 5.74. The molecule has 2 aromatic rings. The molecule has 6 heteroatoms. The number of hydrogen-bond donors (Lipinski definition) is 1. The summed E-state index contributed by atoms with van der Waals surface area (Å²) >= 11 is 3.38. The number of nitrogen functional groups attached to an aromatic ring is 1. The van der Waals surface area contributed by atoms with Crippen molar-refractivity contribution in [2.45, 2.75) is 18.9 Å². The summed E-state index contributed by atoms with van der Waals surface area (Å²) in [6.07, 6.45) is 1.96. The molecule has 0 bridgehead atoms. The van der Waals surface area contributed by atoms with Crippen molar-refractivity contribution in [2.24, 2.45) is 0 Å². The second-order valence-electron chi connectivity index (χ2n) is 4.20. The standard InChI is InChI=1S/C12H12BrN3O2/c13-8-6-7(3-4-9(8)14)12-15-11(16-18-12)10-2-1-5-17-10/h3-4,6,10H,1-2,5,14H2. The Bertz CT molecular complexity index is 564. The Morgan fingerprint density at radius 1 is 1.39 bits per heavy atom. The van der Waals surface area contributed by atoms with Crippen LogP contribution in [-0.2, 0) is 4.74 Å². The molecule has 1 fully saturated rings. The molecule has 5 nitrogen and oxygen atoms in total. The van der Waals surface area contributed by atoms with Crippen LogP contribution in [0.2, 0.25) is 0 Å². The molecule has 0 amide bonds. The first-order valence-corrected chi connectivity index (χ1v) is 6.54. The average Bonchev–Trinajstić information content (AvgIpc) is 3.01. The Kier molecular flexibility index (Phi) is 3.05. The van der Waals surface area contributed by atoms with Gasteiger partial charge in [-0.2, -0.15) is 4.98 Å². The van der Waals surface area contributed by atoms with Crippen molar-refractivity contribution < 1.29 is 9.26 Å². The van der Waals surface area contributed by atoms with Crippen molar-refractivity contribution >= 4 is 21.6 Å². The van der Waals surface area contributed by atoms with E-state index in [1.807, 2.05) is 12.1 Å². The van der Waals surface area contributed by atoms with E-state index in [2.05, 4.69) is 26.1 Å². The molecule has 3 rings (SSSR count). The van der Waals surface area contributed by atoms with Gasteiger partial charge < -0.3 is 15.0 Å². The van der Waals surface area contributed by atoms with E-state index in [4.69, 9.17) is 15.0 Å². The van der Waals surface area contributed by atoms with Crippen molar-refractivity contribution in [1.82, 2.24) is 10.1 Å². The van der Waals surface area contributed by atoms with Gasteiger partial charge in [-0.3, -0.25) is 0 Å². The topological polar surface area (TPSA) is 74.2 Å². The quantitative estimate of drug-likeness (QED) is 0.863. The lowest BCUT2D eigenvalue weighted by molar-refractivity contribution is 0.103. The molecule has 0 saturated carbocycles. The average molecular weight is 310 g/mol. The zero-order valence-corrected chi connectivity index (χ0v) is 11.2. The Morgan fingerprint density at radius 2 is 2.28 bits per heavy atom. The normalized spacial score (nSPS) is 19.3. The van der Waals surface area contributed by atoms with Gasteiger partial charge in [-0.15, -0.1) is 0 Å². The third-order valence-electron chi connectivity index (χ3n) is 2.91. The molecule has 1 atom stereocenters. The molecule has 0 aliphatic carbocycles. The number of halogens is 1. The van der Waals surface area contributed by atoms with Crippen LogP contribution in [0.4, 0.5) is 5.69 Å². The third kappa shape index (κ3) is 2.13. The van der Waals surface area contributed by atoms with Crippen molar-refractivity contribution in [3.63, 3.8) is 0 Å². The molecular weight excluding hydrogens is 298 g/mol. The van der Waals surface area contributed by atoms with Gasteiger partial charge in [0.2, 0.25) is 5.82 Å². The van der Waals surface area contributed by atoms with Crippen molar-refractivity contribution in [3.05, 3.63) is 28.5 Å². The lowest BCUT2D eigenvalue weighted by Gasteiger charge is -2.01. The molecule has 1 aromatic heterocycles. The monoisotopic (exact) mass is 309 g/mol. The maximum absolute atomic E-state index is 5.74. The van der Waals surface area contributed by atoms with Gasteiger partial charge in [0.15, 0.2) is 0 Å². The molecule has 2 N–H and O–H groups in total. The number of anilines is 1. The maximum atomic E-state index is 5.74. The molecule has 1 aliphatic rings. The van der Waals surface area contributed by atoms with E-state index in [1.165, 1.54) is 0 Å². The second kappa shape index (κ2) is 4.70. The van der Waals surface area contributed by atoms with E-state index in [0.29, 0.717) is 17.4 Å². The smallest absolute Gasteiger partial charge is 0.258 e. The van der Waals surface area contributed by atoms with Gasteiger partial charge in [-0.1, -0.05) is 5.16 Å². The van der Waals surface area contributed by atoms with Crippen LogP contribution in [0.1, 0.15) is 24.8 Å². The molecule has 94 valence electrons. The van der Waals surface area contributed by atoms with Gasteiger partial charge in [0.25, 0.3) is 5.89 Å². The highest BCUT2D eigenvalue weighted by molar-refractivity contribution is 9.10. The van der Waals surface area contributed by atoms with Crippen LogP contribution in [0.5, 0.6) is 0 Å². The fraction of sp³-hybridized carbons (Fsp3) is 0.333. The maximum Gasteiger partial charge on any atom is 0.258 e. The minimum atomic E-state index is -0.0280. The number of ether oxygens (including phenoxy) is 1. The molecule has 2 heterocycles. The zero-order valence-electron chi connectivity index (χ0n) is 9.60. The largest absolute Gasteiger partial charge is 0.398 e. The predicted molar refractivity (Wildman–Crippen MR) is 69.8 cm³/mol. The Hall–Kier alpha value is -1.40. The van der Waals surface area contributed by atoms with E-state index in [0.717, 1.165) is 29.5 Å². The number of nitrogens with two attached hydrogens (primary N) is 1. The van der Waals surface area contributed by atoms with Crippen molar-refractivity contribution in [3.8, 4) is 11.5 Å².